The lowest BCUT2D eigenvalue weighted by atomic mass is 10.2. The minimum atomic E-state index is 0. The van der Waals surface area contributed by atoms with Crippen LogP contribution in [-0.4, -0.2) is 0 Å². The minimum Gasteiger partial charge on any atom is -0.282 e. The van der Waals surface area contributed by atoms with E-state index in [1.165, 1.54) is 0 Å². The van der Waals surface area contributed by atoms with Crippen molar-refractivity contribution in [3.05, 3.63) is 35.9 Å². The summed E-state index contributed by atoms with van der Waals surface area (Å²) >= 11 is 0. The maximum Gasteiger partial charge on any atom is 0.0949 e. The van der Waals surface area contributed by atoms with E-state index in [2.05, 4.69) is 5.59 Å². The lowest BCUT2D eigenvalue weighted by molar-refractivity contribution is 0.0279. The van der Waals surface area contributed by atoms with Crippen molar-refractivity contribution in [3.63, 3.8) is 0 Å². The van der Waals surface area contributed by atoms with Gasteiger partial charge in [-0.2, -0.15) is 0 Å². The van der Waals surface area contributed by atoms with Gasteiger partial charge in [-0.1, -0.05) is 30.3 Å². The third-order valence-electron chi connectivity index (χ3n) is 1.16. The molecule has 0 unspecified atom stereocenters. The van der Waals surface area contributed by atoms with E-state index in [0.717, 1.165) is 5.56 Å². The zero-order chi connectivity index (χ0) is 7.23. The van der Waals surface area contributed by atoms with Gasteiger partial charge in [0.15, 0.2) is 0 Å². The molecule has 0 bridgehead atoms. The highest BCUT2D eigenvalue weighted by molar-refractivity contribution is 5.85. The molecule has 0 atom stereocenters. The lowest BCUT2D eigenvalue weighted by Gasteiger charge is -1.99. The number of benzene rings is 1. The summed E-state index contributed by atoms with van der Waals surface area (Å²) in [5.41, 5.74) is 3.21. The summed E-state index contributed by atoms with van der Waals surface area (Å²) in [6.45, 7) is 0.497. The van der Waals surface area contributed by atoms with Gasteiger partial charge in [0, 0.05) is 0 Å². The average molecular weight is 175 g/mol. The van der Waals surface area contributed by atoms with Gasteiger partial charge in [-0.25, -0.2) is 5.84 Å². The maximum absolute atomic E-state index is 4.90. The Labute approximate surface area is 71.9 Å². The SMILES string of the molecule is Cl.NNOCc1ccccc1. The number of nitrogens with two attached hydrogens (primary N) is 1. The molecule has 62 valence electrons. The Morgan fingerprint density at radius 3 is 2.45 bits per heavy atom. The molecule has 0 aromatic heterocycles. The van der Waals surface area contributed by atoms with Crippen molar-refractivity contribution >= 4 is 12.4 Å². The topological polar surface area (TPSA) is 47.3 Å². The first-order valence-electron chi connectivity index (χ1n) is 3.05. The summed E-state index contributed by atoms with van der Waals surface area (Å²) in [5.74, 6) is 4.90. The van der Waals surface area contributed by atoms with E-state index in [-0.39, 0.29) is 12.4 Å². The van der Waals surface area contributed by atoms with Crippen LogP contribution in [0.2, 0.25) is 0 Å². The van der Waals surface area contributed by atoms with Crippen LogP contribution in [0.5, 0.6) is 0 Å². The van der Waals surface area contributed by atoms with Crippen molar-refractivity contribution in [3.8, 4) is 0 Å². The van der Waals surface area contributed by atoms with E-state index in [0.29, 0.717) is 6.61 Å². The van der Waals surface area contributed by atoms with Crippen LogP contribution in [-0.2, 0) is 11.4 Å². The van der Waals surface area contributed by atoms with E-state index in [9.17, 15) is 0 Å². The molecular formula is C7H11ClN2O. The summed E-state index contributed by atoms with van der Waals surface area (Å²) in [6, 6.07) is 9.80. The molecule has 1 aromatic rings. The van der Waals surface area contributed by atoms with Gasteiger partial charge in [-0.15, -0.1) is 18.0 Å². The largest absolute Gasteiger partial charge is 0.282 e. The molecule has 0 saturated carbocycles. The summed E-state index contributed by atoms with van der Waals surface area (Å²) in [5, 5.41) is 0. The number of halogens is 1. The van der Waals surface area contributed by atoms with Crippen molar-refractivity contribution in [2.24, 2.45) is 5.84 Å². The molecule has 11 heavy (non-hydrogen) atoms. The lowest BCUT2D eigenvalue weighted by Crippen LogP contribution is -2.21. The highest BCUT2D eigenvalue weighted by atomic mass is 35.5. The highest BCUT2D eigenvalue weighted by Gasteiger charge is 1.87. The van der Waals surface area contributed by atoms with E-state index in [1.807, 2.05) is 30.3 Å². The van der Waals surface area contributed by atoms with E-state index in [1.54, 1.807) is 0 Å². The van der Waals surface area contributed by atoms with Gasteiger partial charge in [-0.3, -0.25) is 4.84 Å². The molecule has 0 spiro atoms. The van der Waals surface area contributed by atoms with Gasteiger partial charge in [0.2, 0.25) is 0 Å². The normalized spacial score (nSPS) is 8.82. The monoisotopic (exact) mass is 174 g/mol. The second-order valence-electron chi connectivity index (χ2n) is 1.89. The van der Waals surface area contributed by atoms with E-state index < -0.39 is 0 Å². The molecule has 0 saturated heterocycles. The first kappa shape index (κ1) is 10.4. The van der Waals surface area contributed by atoms with E-state index in [4.69, 9.17) is 10.7 Å². The fourth-order valence-electron chi connectivity index (χ4n) is 0.699. The van der Waals surface area contributed by atoms with Crippen LogP contribution in [0, 0.1) is 0 Å². The predicted octanol–water partition coefficient (Wildman–Crippen LogP) is 1.00. The molecule has 4 heteroatoms. The van der Waals surface area contributed by atoms with Crippen LogP contribution in [0.3, 0.4) is 0 Å². The van der Waals surface area contributed by atoms with Crippen molar-refractivity contribution in [1.82, 2.24) is 5.59 Å². The molecule has 0 heterocycles. The first-order chi connectivity index (χ1) is 4.93. The summed E-state index contributed by atoms with van der Waals surface area (Å²) in [4.78, 5) is 4.75. The Morgan fingerprint density at radius 2 is 1.91 bits per heavy atom. The van der Waals surface area contributed by atoms with Crippen molar-refractivity contribution in [2.75, 3.05) is 0 Å². The Balaban J connectivity index is 0.000001000. The third-order valence-corrected chi connectivity index (χ3v) is 1.16. The standard InChI is InChI=1S/C7H10N2O.ClH/c8-9-10-6-7-4-2-1-3-5-7;/h1-5,9H,6,8H2;1H. The van der Waals surface area contributed by atoms with Crippen LogP contribution in [0.4, 0.5) is 0 Å². The molecule has 0 radical (unpaired) electrons. The van der Waals surface area contributed by atoms with Crippen LogP contribution < -0.4 is 11.4 Å². The van der Waals surface area contributed by atoms with Gasteiger partial charge in [0.25, 0.3) is 0 Å². The molecule has 1 rings (SSSR count). The van der Waals surface area contributed by atoms with E-state index >= 15 is 0 Å². The fraction of sp³-hybridized carbons (Fsp3) is 0.143. The summed E-state index contributed by atoms with van der Waals surface area (Å²) in [7, 11) is 0. The van der Waals surface area contributed by atoms with Gasteiger partial charge in [0.05, 0.1) is 6.61 Å². The molecule has 0 fully saturated rings. The molecule has 0 aliphatic heterocycles. The second-order valence-corrected chi connectivity index (χ2v) is 1.89. The molecule has 3 nitrogen and oxygen atoms in total. The quantitative estimate of drug-likeness (QED) is 0.531. The minimum absolute atomic E-state index is 0. The fourth-order valence-corrected chi connectivity index (χ4v) is 0.699. The molecule has 3 N–H and O–H groups in total. The Bertz CT molecular complexity index is 181. The summed E-state index contributed by atoms with van der Waals surface area (Å²) in [6.07, 6.45) is 0. The van der Waals surface area contributed by atoms with Gasteiger partial charge in [-0.05, 0) is 5.56 Å². The number of hydrazine groups is 1. The zero-order valence-corrected chi connectivity index (χ0v) is 6.80. The van der Waals surface area contributed by atoms with Crippen LogP contribution in [0.15, 0.2) is 30.3 Å². The molecule has 0 aliphatic rings. The Morgan fingerprint density at radius 1 is 1.27 bits per heavy atom. The second kappa shape index (κ2) is 6.12. The molecule has 1 aromatic carbocycles. The highest BCUT2D eigenvalue weighted by Crippen LogP contribution is 1.97. The smallest absolute Gasteiger partial charge is 0.0949 e. The number of hydrogen-bond acceptors (Lipinski definition) is 3. The van der Waals surface area contributed by atoms with Crippen molar-refractivity contribution in [2.45, 2.75) is 6.61 Å². The van der Waals surface area contributed by atoms with Gasteiger partial charge < -0.3 is 0 Å². The summed E-state index contributed by atoms with van der Waals surface area (Å²) < 4.78 is 0. The first-order valence-corrected chi connectivity index (χ1v) is 3.05. The number of nitrogens with one attached hydrogen (secondary N) is 1. The molecular weight excluding hydrogens is 164 g/mol. The zero-order valence-electron chi connectivity index (χ0n) is 5.99. The molecule has 0 aliphatic carbocycles. The van der Waals surface area contributed by atoms with Gasteiger partial charge >= 0.3 is 0 Å². The third kappa shape index (κ3) is 3.95. The number of rotatable bonds is 3. The van der Waals surface area contributed by atoms with Gasteiger partial charge in [0.1, 0.15) is 0 Å². The molecule has 0 amide bonds. The van der Waals surface area contributed by atoms with Crippen LogP contribution >= 0.6 is 12.4 Å². The maximum atomic E-state index is 4.90. The predicted molar refractivity (Wildman–Crippen MR) is 45.8 cm³/mol. The number of hydrogen-bond donors (Lipinski definition) is 2. The van der Waals surface area contributed by atoms with Crippen molar-refractivity contribution < 1.29 is 4.84 Å². The van der Waals surface area contributed by atoms with Crippen LogP contribution in [0.25, 0.3) is 0 Å². The average Bonchev–Trinajstić information content (AvgIpc) is 2.03. The Hall–Kier alpha value is -0.610. The van der Waals surface area contributed by atoms with Crippen LogP contribution in [0.1, 0.15) is 5.56 Å². The van der Waals surface area contributed by atoms with Crippen molar-refractivity contribution in [1.29, 1.82) is 0 Å². The Kier molecular flexibility index (Phi) is 5.78.